The summed E-state index contributed by atoms with van der Waals surface area (Å²) < 4.78 is 6.39. The zero-order valence-electron chi connectivity index (χ0n) is 14.5. The number of esters is 1. The average Bonchev–Trinajstić information content (AvgIpc) is 2.98. The van der Waals surface area contributed by atoms with Gasteiger partial charge >= 0.3 is 12.0 Å². The molecule has 1 aliphatic heterocycles. The highest BCUT2D eigenvalue weighted by Gasteiger charge is 2.49. The first-order chi connectivity index (χ1) is 11.3. The van der Waals surface area contributed by atoms with E-state index in [1.807, 2.05) is 13.8 Å². The van der Waals surface area contributed by atoms with Crippen LogP contribution in [0.3, 0.4) is 0 Å². The van der Waals surface area contributed by atoms with Gasteiger partial charge in [-0.15, -0.1) is 0 Å². The maximum Gasteiger partial charge on any atom is 0.321 e. The zero-order valence-corrected chi connectivity index (χ0v) is 14.5. The van der Waals surface area contributed by atoms with E-state index in [0.29, 0.717) is 31.8 Å². The molecule has 0 saturated carbocycles. The number of hydrogen-bond acceptors (Lipinski definition) is 5. The molecular formula is C16H24N4O4. The lowest BCUT2D eigenvalue weighted by molar-refractivity contribution is -0.157. The molecule has 0 aliphatic carbocycles. The van der Waals surface area contributed by atoms with Crippen molar-refractivity contribution in [3.63, 3.8) is 0 Å². The van der Waals surface area contributed by atoms with Crippen LogP contribution < -0.4 is 10.9 Å². The number of nitrogens with one attached hydrogen (secondary N) is 1. The average molecular weight is 336 g/mol. The molecule has 0 spiro atoms. The minimum Gasteiger partial charge on any atom is -0.466 e. The quantitative estimate of drug-likeness (QED) is 0.835. The Kier molecular flexibility index (Phi) is 5.26. The third kappa shape index (κ3) is 3.42. The van der Waals surface area contributed by atoms with Crippen molar-refractivity contribution in [2.24, 2.45) is 18.4 Å². The van der Waals surface area contributed by atoms with Gasteiger partial charge in [-0.25, -0.2) is 9.48 Å². The molecule has 8 heteroatoms. The first-order valence-corrected chi connectivity index (χ1v) is 8.06. The maximum absolute atomic E-state index is 12.4. The predicted molar refractivity (Wildman–Crippen MR) is 88.6 cm³/mol. The van der Waals surface area contributed by atoms with Crippen LogP contribution in [0.25, 0.3) is 0 Å². The van der Waals surface area contributed by atoms with Crippen LogP contribution in [0.4, 0.5) is 10.5 Å². The van der Waals surface area contributed by atoms with E-state index in [-0.39, 0.29) is 23.5 Å². The highest BCUT2D eigenvalue weighted by atomic mass is 16.5. The summed E-state index contributed by atoms with van der Waals surface area (Å²) in [5.74, 6) is -0.203. The molecule has 1 aromatic heterocycles. The number of amides is 2. The fourth-order valence-corrected chi connectivity index (χ4v) is 2.90. The van der Waals surface area contributed by atoms with Crippen molar-refractivity contribution < 1.29 is 14.3 Å². The predicted octanol–water partition coefficient (Wildman–Crippen LogP) is 1.22. The van der Waals surface area contributed by atoms with Gasteiger partial charge in [0.05, 0.1) is 23.9 Å². The van der Waals surface area contributed by atoms with Crippen LogP contribution in [0.2, 0.25) is 0 Å². The molecule has 1 aliphatic rings. The van der Waals surface area contributed by atoms with Gasteiger partial charge in [0.25, 0.3) is 5.56 Å². The zero-order chi connectivity index (χ0) is 17.9. The van der Waals surface area contributed by atoms with E-state index in [1.54, 1.807) is 11.8 Å². The highest BCUT2D eigenvalue weighted by molar-refractivity contribution is 5.90. The molecule has 2 rings (SSSR count). The molecule has 1 saturated heterocycles. The van der Waals surface area contributed by atoms with Gasteiger partial charge in [-0.1, -0.05) is 13.8 Å². The van der Waals surface area contributed by atoms with Gasteiger partial charge in [-0.2, -0.15) is 5.10 Å². The largest absolute Gasteiger partial charge is 0.466 e. The van der Waals surface area contributed by atoms with E-state index >= 15 is 0 Å². The van der Waals surface area contributed by atoms with Crippen LogP contribution >= 0.6 is 0 Å². The number of likely N-dealkylation sites (tertiary alicyclic amines) is 1. The summed E-state index contributed by atoms with van der Waals surface area (Å²) in [6, 6.07) is 0.957. The Hall–Kier alpha value is -2.38. The van der Waals surface area contributed by atoms with Crippen molar-refractivity contribution in [1.82, 2.24) is 14.7 Å². The van der Waals surface area contributed by atoms with Gasteiger partial charge in [0, 0.05) is 26.2 Å². The van der Waals surface area contributed by atoms with E-state index in [4.69, 9.17) is 4.74 Å². The number of ether oxygens (including phenoxy) is 1. The van der Waals surface area contributed by atoms with Crippen molar-refractivity contribution in [3.8, 4) is 0 Å². The van der Waals surface area contributed by atoms with Crippen molar-refractivity contribution >= 4 is 17.7 Å². The number of aryl methyl sites for hydroxylation is 1. The number of urea groups is 1. The molecule has 0 aromatic carbocycles. The van der Waals surface area contributed by atoms with Gasteiger partial charge in [-0.05, 0) is 19.3 Å². The molecule has 2 amide bonds. The van der Waals surface area contributed by atoms with E-state index in [1.165, 1.54) is 24.0 Å². The summed E-state index contributed by atoms with van der Waals surface area (Å²) in [5.41, 5.74) is -0.656. The molecule has 2 heterocycles. The van der Waals surface area contributed by atoms with Crippen molar-refractivity contribution in [1.29, 1.82) is 0 Å². The van der Waals surface area contributed by atoms with Crippen LogP contribution in [0.5, 0.6) is 0 Å². The number of carbonyl (C=O) groups excluding carboxylic acids is 2. The Labute approximate surface area is 140 Å². The molecule has 1 fully saturated rings. The molecule has 0 radical (unpaired) electrons. The highest BCUT2D eigenvalue weighted by Crippen LogP contribution is 2.39. The van der Waals surface area contributed by atoms with Crippen molar-refractivity contribution in [3.05, 3.63) is 22.6 Å². The molecule has 1 unspecified atom stereocenters. The van der Waals surface area contributed by atoms with E-state index in [0.717, 1.165) is 0 Å². The molecule has 24 heavy (non-hydrogen) atoms. The number of rotatable bonds is 4. The van der Waals surface area contributed by atoms with Crippen LogP contribution in [-0.4, -0.2) is 46.4 Å². The van der Waals surface area contributed by atoms with Crippen molar-refractivity contribution in [2.75, 3.05) is 25.0 Å². The van der Waals surface area contributed by atoms with Gasteiger partial charge in [-0.3, -0.25) is 9.59 Å². The fourth-order valence-electron chi connectivity index (χ4n) is 2.90. The number of anilines is 1. The van der Waals surface area contributed by atoms with Crippen molar-refractivity contribution in [2.45, 2.75) is 27.2 Å². The van der Waals surface area contributed by atoms with Gasteiger partial charge < -0.3 is 15.0 Å². The van der Waals surface area contributed by atoms with Crippen LogP contribution in [0.15, 0.2) is 17.1 Å². The number of nitrogens with zero attached hydrogens (tertiary/aromatic N) is 3. The van der Waals surface area contributed by atoms with Gasteiger partial charge in [0.1, 0.15) is 0 Å². The lowest BCUT2D eigenvalue weighted by Crippen LogP contribution is -2.42. The second-order valence-corrected chi connectivity index (χ2v) is 6.34. The molecule has 1 atom stereocenters. The topological polar surface area (TPSA) is 93.5 Å². The Morgan fingerprint density at radius 1 is 1.46 bits per heavy atom. The summed E-state index contributed by atoms with van der Waals surface area (Å²) in [6.07, 6.45) is 1.97. The third-order valence-electron chi connectivity index (χ3n) is 4.59. The Balaban J connectivity index is 2.10. The summed E-state index contributed by atoms with van der Waals surface area (Å²) >= 11 is 0. The normalized spacial score (nSPS) is 20.3. The summed E-state index contributed by atoms with van der Waals surface area (Å²) in [5, 5.41) is 6.52. The van der Waals surface area contributed by atoms with Gasteiger partial charge in [0.15, 0.2) is 0 Å². The lowest BCUT2D eigenvalue weighted by atomic mass is 9.76. The summed E-state index contributed by atoms with van der Waals surface area (Å²) in [4.78, 5) is 38.0. The minimum absolute atomic E-state index is 0.0556. The number of carbonyl (C=O) groups is 2. The van der Waals surface area contributed by atoms with E-state index in [2.05, 4.69) is 10.4 Å². The van der Waals surface area contributed by atoms with Gasteiger partial charge in [0.2, 0.25) is 0 Å². The van der Waals surface area contributed by atoms with E-state index in [9.17, 15) is 14.4 Å². The van der Waals surface area contributed by atoms with Crippen LogP contribution in [0.1, 0.15) is 27.2 Å². The standard InChI is InChI=1S/C16H24N4O4/c1-5-24-14(22)16(11(2)3)6-7-20(10-16)15(23)18-12-8-13(21)19(4)17-9-12/h8-9,11H,5-7,10H2,1-4H3,(H,18,23). The smallest absolute Gasteiger partial charge is 0.321 e. The van der Waals surface area contributed by atoms with E-state index < -0.39 is 5.41 Å². The van der Waals surface area contributed by atoms with Crippen LogP contribution in [-0.2, 0) is 16.6 Å². The lowest BCUT2D eigenvalue weighted by Gasteiger charge is -2.30. The summed E-state index contributed by atoms with van der Waals surface area (Å²) in [7, 11) is 1.53. The monoisotopic (exact) mass is 336 g/mol. The first-order valence-electron chi connectivity index (χ1n) is 8.06. The number of aromatic nitrogens is 2. The SMILES string of the molecule is CCOC(=O)C1(C(C)C)CCN(C(=O)Nc2cnn(C)c(=O)c2)C1. The molecule has 0 bridgehead atoms. The Morgan fingerprint density at radius 3 is 2.75 bits per heavy atom. The minimum atomic E-state index is -0.682. The second kappa shape index (κ2) is 7.02. The molecular weight excluding hydrogens is 312 g/mol. The first kappa shape index (κ1) is 18.0. The summed E-state index contributed by atoms with van der Waals surface area (Å²) in [6.45, 7) is 6.77. The number of hydrogen-bond donors (Lipinski definition) is 1. The Bertz CT molecular complexity index is 685. The molecule has 132 valence electrons. The molecule has 1 aromatic rings. The Morgan fingerprint density at radius 2 is 2.17 bits per heavy atom. The molecule has 1 N–H and O–H groups in total. The fraction of sp³-hybridized carbons (Fsp3) is 0.625. The maximum atomic E-state index is 12.4. The second-order valence-electron chi connectivity index (χ2n) is 6.34. The third-order valence-corrected chi connectivity index (χ3v) is 4.59. The van der Waals surface area contributed by atoms with Crippen LogP contribution in [0, 0.1) is 11.3 Å². The molecule has 8 nitrogen and oxygen atoms in total.